The molecule has 0 aliphatic carbocycles. The van der Waals surface area contributed by atoms with Crippen molar-refractivity contribution in [2.45, 2.75) is 44.9 Å². The topological polar surface area (TPSA) is 22.1 Å². The first-order chi connectivity index (χ1) is 20.5. The van der Waals surface area contributed by atoms with Gasteiger partial charge in [-0.15, -0.1) is 6.58 Å². The largest absolute Gasteiger partial charge is 1.00 e. The highest BCUT2D eigenvalue weighted by Crippen LogP contribution is 2.50. The SMILES string of the molecule is C=CCO[C@H](c1ccnc2ccccc12)[C@@H]1C[C@@H]2CC[N+]1(Cc1c3cccc(F)c3cc3c(F)cccc13)C[C@@H]2CC.[Br-]. The Hall–Kier alpha value is -3.19. The zero-order valence-corrected chi connectivity index (χ0v) is 26.1. The van der Waals surface area contributed by atoms with Gasteiger partial charge in [-0.1, -0.05) is 55.5 Å². The third-order valence-corrected chi connectivity index (χ3v) is 10.2. The lowest BCUT2D eigenvalue weighted by atomic mass is 9.70. The zero-order valence-electron chi connectivity index (χ0n) is 24.5. The molecular weight excluding hydrogens is 606 g/mol. The summed E-state index contributed by atoms with van der Waals surface area (Å²) < 4.78 is 38.1. The van der Waals surface area contributed by atoms with Crippen molar-refractivity contribution in [3.8, 4) is 0 Å². The molecule has 43 heavy (non-hydrogen) atoms. The number of hydrogen-bond donors (Lipinski definition) is 0. The van der Waals surface area contributed by atoms with Gasteiger partial charge in [0.15, 0.2) is 0 Å². The molecule has 4 aromatic carbocycles. The molecule has 2 bridgehead atoms. The van der Waals surface area contributed by atoms with Crippen LogP contribution < -0.4 is 17.0 Å². The quantitative estimate of drug-likeness (QED) is 0.119. The van der Waals surface area contributed by atoms with Crippen LogP contribution in [0, 0.1) is 23.5 Å². The summed E-state index contributed by atoms with van der Waals surface area (Å²) in [5.74, 6) is 0.630. The zero-order chi connectivity index (χ0) is 28.8. The minimum absolute atomic E-state index is 0. The lowest BCUT2D eigenvalue weighted by Gasteiger charge is -2.59. The maximum Gasteiger partial charge on any atom is 0.135 e. The number of quaternary nitrogens is 1. The number of halogens is 3. The highest BCUT2D eigenvalue weighted by Gasteiger charge is 2.55. The number of aromatic nitrogens is 1. The number of benzene rings is 4. The molecule has 5 atom stereocenters. The number of nitrogens with zero attached hydrogens (tertiary/aromatic N) is 2. The molecule has 3 fully saturated rings. The Morgan fingerprint density at radius 1 is 0.953 bits per heavy atom. The fourth-order valence-electron chi connectivity index (χ4n) is 8.26. The van der Waals surface area contributed by atoms with E-state index in [4.69, 9.17) is 4.74 Å². The van der Waals surface area contributed by atoms with Crippen LogP contribution >= 0.6 is 0 Å². The molecule has 6 heteroatoms. The number of fused-ring (bicyclic) bond motifs is 6. The van der Waals surface area contributed by atoms with Crippen LogP contribution in [0.15, 0.2) is 91.6 Å². The predicted molar refractivity (Wildman–Crippen MR) is 166 cm³/mol. The summed E-state index contributed by atoms with van der Waals surface area (Å²) in [6.07, 6.45) is 6.91. The second kappa shape index (κ2) is 12.1. The Morgan fingerprint density at radius 2 is 1.65 bits per heavy atom. The van der Waals surface area contributed by atoms with Gasteiger partial charge in [-0.3, -0.25) is 4.98 Å². The van der Waals surface area contributed by atoms with Gasteiger partial charge in [0.05, 0.1) is 25.2 Å². The van der Waals surface area contributed by atoms with Gasteiger partial charge in [-0.25, -0.2) is 8.78 Å². The maximum absolute atomic E-state index is 15.3. The molecule has 1 unspecified atom stereocenters. The second-order valence-electron chi connectivity index (χ2n) is 12.3. The average molecular weight is 644 g/mol. The molecule has 1 aromatic heterocycles. The minimum atomic E-state index is -0.310. The normalized spacial score (nSPS) is 23.8. The molecule has 4 heterocycles. The van der Waals surface area contributed by atoms with E-state index in [1.807, 2.05) is 30.5 Å². The van der Waals surface area contributed by atoms with Crippen LogP contribution in [0.3, 0.4) is 0 Å². The Bertz CT molecular complexity index is 1740. The number of hydrogen-bond acceptors (Lipinski definition) is 2. The standard InChI is InChI=1S/C37H37F2N2O.BrH/c1-3-19-42-37(29-15-17-40-35-14-6-5-9-28(29)35)36-20-25-16-18-41(36,22-24(25)4-2)23-32-26-10-7-12-33(38)30(26)21-31-27(32)11-8-13-34(31)39;/h3,5-15,17,21,24-25,36-37H,1,4,16,18-20,22-23H2,2H3;1H/q+1;/p-1/t24-,25-,36-,37+,41?;/m0./s1. The second-order valence-corrected chi connectivity index (χ2v) is 12.3. The van der Waals surface area contributed by atoms with E-state index in [-0.39, 0.29) is 40.8 Å². The van der Waals surface area contributed by atoms with Crippen LogP contribution in [0.25, 0.3) is 32.4 Å². The number of para-hydroxylation sites is 1. The minimum Gasteiger partial charge on any atom is -1.00 e. The molecule has 0 saturated carbocycles. The van der Waals surface area contributed by atoms with Crippen LogP contribution in [0.4, 0.5) is 8.78 Å². The van der Waals surface area contributed by atoms with Gasteiger partial charge in [-0.2, -0.15) is 0 Å². The van der Waals surface area contributed by atoms with Gasteiger partial charge in [0.1, 0.15) is 30.3 Å². The van der Waals surface area contributed by atoms with Crippen LogP contribution in [-0.2, 0) is 11.3 Å². The van der Waals surface area contributed by atoms with Gasteiger partial charge in [0, 0.05) is 46.7 Å². The number of rotatable bonds is 8. The molecule has 3 aliphatic rings. The van der Waals surface area contributed by atoms with Crippen LogP contribution in [0.5, 0.6) is 0 Å². The van der Waals surface area contributed by atoms with E-state index in [0.717, 1.165) is 69.6 Å². The van der Waals surface area contributed by atoms with E-state index >= 15 is 8.78 Å². The molecule has 0 N–H and O–H groups in total. The van der Waals surface area contributed by atoms with E-state index in [0.29, 0.717) is 35.8 Å². The summed E-state index contributed by atoms with van der Waals surface area (Å²) >= 11 is 0. The van der Waals surface area contributed by atoms with E-state index in [1.54, 1.807) is 18.2 Å². The fourth-order valence-corrected chi connectivity index (χ4v) is 8.26. The van der Waals surface area contributed by atoms with Crippen molar-refractivity contribution in [2.24, 2.45) is 11.8 Å². The lowest BCUT2D eigenvalue weighted by Crippen LogP contribution is -3.00. The molecule has 5 aromatic rings. The molecule has 3 nitrogen and oxygen atoms in total. The van der Waals surface area contributed by atoms with Crippen LogP contribution in [0.2, 0.25) is 0 Å². The molecule has 0 amide bonds. The molecular formula is C37H37BrF2N2O. The van der Waals surface area contributed by atoms with Crippen molar-refractivity contribution in [3.63, 3.8) is 0 Å². The van der Waals surface area contributed by atoms with Crippen molar-refractivity contribution >= 4 is 32.4 Å². The molecule has 3 saturated heterocycles. The number of pyridine rings is 1. The van der Waals surface area contributed by atoms with Crippen molar-refractivity contribution < 1.29 is 35.0 Å². The molecule has 0 spiro atoms. The Labute approximate surface area is 262 Å². The summed E-state index contributed by atoms with van der Waals surface area (Å²) in [7, 11) is 0. The monoisotopic (exact) mass is 642 g/mol. The van der Waals surface area contributed by atoms with Crippen molar-refractivity contribution in [2.75, 3.05) is 19.7 Å². The summed E-state index contributed by atoms with van der Waals surface area (Å²) in [4.78, 5) is 4.64. The van der Waals surface area contributed by atoms with Gasteiger partial charge in [0.2, 0.25) is 0 Å². The first-order valence-corrected chi connectivity index (χ1v) is 15.2. The van der Waals surface area contributed by atoms with E-state index in [1.165, 1.54) is 12.1 Å². The Morgan fingerprint density at radius 3 is 2.35 bits per heavy atom. The van der Waals surface area contributed by atoms with Crippen molar-refractivity contribution in [1.82, 2.24) is 4.98 Å². The summed E-state index contributed by atoms with van der Waals surface area (Å²) in [6, 6.07) is 22.8. The first kappa shape index (κ1) is 29.9. The Balaban J connectivity index is 0.00000329. The third kappa shape index (κ3) is 5.07. The van der Waals surface area contributed by atoms with Crippen LogP contribution in [0.1, 0.15) is 43.4 Å². The smallest absolute Gasteiger partial charge is 0.135 e. The summed E-state index contributed by atoms with van der Waals surface area (Å²) in [5.41, 5.74) is 3.15. The van der Waals surface area contributed by atoms with E-state index in [9.17, 15) is 0 Å². The first-order valence-electron chi connectivity index (χ1n) is 15.2. The highest BCUT2D eigenvalue weighted by molar-refractivity contribution is 6.02. The average Bonchev–Trinajstić information content (AvgIpc) is 3.02. The van der Waals surface area contributed by atoms with E-state index in [2.05, 4.69) is 42.8 Å². The molecule has 3 aliphatic heterocycles. The summed E-state index contributed by atoms with van der Waals surface area (Å²) in [6.45, 7) is 9.47. The third-order valence-electron chi connectivity index (χ3n) is 10.2. The van der Waals surface area contributed by atoms with Gasteiger partial charge < -0.3 is 26.2 Å². The van der Waals surface area contributed by atoms with Crippen molar-refractivity contribution in [3.05, 3.63) is 114 Å². The fraction of sp³-hybridized carbons (Fsp3) is 0.324. The van der Waals surface area contributed by atoms with Gasteiger partial charge in [-0.05, 0) is 59.0 Å². The summed E-state index contributed by atoms with van der Waals surface area (Å²) in [5, 5.41) is 3.83. The van der Waals surface area contributed by atoms with Gasteiger partial charge >= 0.3 is 0 Å². The highest BCUT2D eigenvalue weighted by atomic mass is 79.9. The van der Waals surface area contributed by atoms with Gasteiger partial charge in [0.25, 0.3) is 0 Å². The number of piperidine rings is 3. The Kier molecular flexibility index (Phi) is 8.38. The van der Waals surface area contributed by atoms with Crippen molar-refractivity contribution in [1.29, 1.82) is 0 Å². The molecule has 0 radical (unpaired) electrons. The lowest BCUT2D eigenvalue weighted by molar-refractivity contribution is -0.985. The van der Waals surface area contributed by atoms with E-state index < -0.39 is 0 Å². The molecule has 8 rings (SSSR count). The van der Waals surface area contributed by atoms with Crippen LogP contribution in [-0.4, -0.2) is 35.2 Å². The predicted octanol–water partition coefficient (Wildman–Crippen LogP) is 5.90. The number of ether oxygens (including phenoxy) is 1. The maximum atomic E-state index is 15.3. The molecule has 222 valence electrons.